The minimum absolute atomic E-state index is 0.00978. The van der Waals surface area contributed by atoms with Crippen molar-refractivity contribution in [3.63, 3.8) is 0 Å². The predicted molar refractivity (Wildman–Crippen MR) is 56.9 cm³/mol. The van der Waals surface area contributed by atoms with Crippen LogP contribution in [0, 0.1) is 0 Å². The third-order valence-electron chi connectivity index (χ3n) is 2.50. The summed E-state index contributed by atoms with van der Waals surface area (Å²) in [5, 5.41) is 18.3. The summed E-state index contributed by atoms with van der Waals surface area (Å²) in [6, 6.07) is 5.83. The lowest BCUT2D eigenvalue weighted by atomic mass is 9.98. The van der Waals surface area contributed by atoms with Crippen LogP contribution in [0.15, 0.2) is 18.2 Å². The fourth-order valence-electron chi connectivity index (χ4n) is 1.64. The van der Waals surface area contributed by atoms with Gasteiger partial charge in [-0.05, 0) is 29.5 Å². The Bertz CT molecular complexity index is 282. The van der Waals surface area contributed by atoms with Gasteiger partial charge in [0.25, 0.3) is 0 Å². The third kappa shape index (κ3) is 2.56. The largest absolute Gasteiger partial charge is 0.392 e. The number of aliphatic hydroxyl groups excluding tert-OH is 2. The predicted octanol–water partition coefficient (Wildman–Crippen LogP) is 2.01. The number of hydrogen-bond donors (Lipinski definition) is 2. The van der Waals surface area contributed by atoms with Gasteiger partial charge in [-0.25, -0.2) is 0 Å². The molecule has 1 rings (SSSR count). The average molecular weight is 194 g/mol. The Balaban J connectivity index is 2.90. The van der Waals surface area contributed by atoms with E-state index < -0.39 is 0 Å². The molecule has 1 aromatic carbocycles. The quantitative estimate of drug-likeness (QED) is 0.752. The number of aliphatic hydroxyl groups is 2. The SMILES string of the molecule is CCCCc1cccc(CO)c1CO. The van der Waals surface area contributed by atoms with Gasteiger partial charge in [0, 0.05) is 0 Å². The van der Waals surface area contributed by atoms with Gasteiger partial charge in [0.15, 0.2) is 0 Å². The van der Waals surface area contributed by atoms with Crippen LogP contribution in [0.4, 0.5) is 0 Å². The second-order valence-corrected chi connectivity index (χ2v) is 3.47. The highest BCUT2D eigenvalue weighted by Gasteiger charge is 2.05. The highest BCUT2D eigenvalue weighted by molar-refractivity contribution is 5.34. The number of rotatable bonds is 5. The summed E-state index contributed by atoms with van der Waals surface area (Å²) in [7, 11) is 0. The van der Waals surface area contributed by atoms with Gasteiger partial charge in [0.2, 0.25) is 0 Å². The van der Waals surface area contributed by atoms with Crippen molar-refractivity contribution in [2.45, 2.75) is 39.4 Å². The Morgan fingerprint density at radius 2 is 1.79 bits per heavy atom. The molecule has 0 aliphatic rings. The van der Waals surface area contributed by atoms with Crippen LogP contribution in [-0.2, 0) is 19.6 Å². The topological polar surface area (TPSA) is 40.5 Å². The van der Waals surface area contributed by atoms with E-state index in [1.807, 2.05) is 18.2 Å². The molecule has 2 N–H and O–H groups in total. The van der Waals surface area contributed by atoms with E-state index in [0.717, 1.165) is 30.4 Å². The van der Waals surface area contributed by atoms with Gasteiger partial charge in [-0.1, -0.05) is 31.5 Å². The smallest absolute Gasteiger partial charge is 0.0688 e. The van der Waals surface area contributed by atoms with Crippen LogP contribution in [0.5, 0.6) is 0 Å². The van der Waals surface area contributed by atoms with Crippen LogP contribution >= 0.6 is 0 Å². The summed E-state index contributed by atoms with van der Waals surface area (Å²) >= 11 is 0. The molecule has 0 amide bonds. The van der Waals surface area contributed by atoms with Gasteiger partial charge in [0.05, 0.1) is 13.2 Å². The Morgan fingerprint density at radius 1 is 1.07 bits per heavy atom. The fourth-order valence-corrected chi connectivity index (χ4v) is 1.64. The molecule has 0 aliphatic heterocycles. The van der Waals surface area contributed by atoms with E-state index in [1.165, 1.54) is 5.56 Å². The molecule has 0 bridgehead atoms. The second-order valence-electron chi connectivity index (χ2n) is 3.47. The first-order valence-corrected chi connectivity index (χ1v) is 5.14. The summed E-state index contributed by atoms with van der Waals surface area (Å²) in [5.41, 5.74) is 2.92. The molecule has 0 fully saturated rings. The molecular weight excluding hydrogens is 176 g/mol. The number of benzene rings is 1. The zero-order chi connectivity index (χ0) is 10.4. The lowest BCUT2D eigenvalue weighted by Gasteiger charge is -2.10. The van der Waals surface area contributed by atoms with Gasteiger partial charge < -0.3 is 10.2 Å². The van der Waals surface area contributed by atoms with Crippen LogP contribution in [0.3, 0.4) is 0 Å². The normalized spacial score (nSPS) is 10.5. The van der Waals surface area contributed by atoms with Crippen molar-refractivity contribution in [3.05, 3.63) is 34.9 Å². The molecule has 2 heteroatoms. The third-order valence-corrected chi connectivity index (χ3v) is 2.50. The molecule has 0 atom stereocenters. The Kier molecular flexibility index (Phi) is 4.63. The molecule has 78 valence electrons. The van der Waals surface area contributed by atoms with Gasteiger partial charge >= 0.3 is 0 Å². The second kappa shape index (κ2) is 5.78. The van der Waals surface area contributed by atoms with E-state index in [-0.39, 0.29) is 13.2 Å². The maximum absolute atomic E-state index is 9.22. The number of unbranched alkanes of at least 4 members (excludes halogenated alkanes) is 1. The van der Waals surface area contributed by atoms with E-state index in [1.54, 1.807) is 0 Å². The Morgan fingerprint density at radius 3 is 2.36 bits per heavy atom. The fraction of sp³-hybridized carbons (Fsp3) is 0.500. The van der Waals surface area contributed by atoms with E-state index in [9.17, 15) is 5.11 Å². The molecule has 0 spiro atoms. The van der Waals surface area contributed by atoms with Gasteiger partial charge in [-0.15, -0.1) is 0 Å². The first kappa shape index (κ1) is 11.2. The van der Waals surface area contributed by atoms with Crippen LogP contribution in [0.1, 0.15) is 36.5 Å². The molecule has 2 nitrogen and oxygen atoms in total. The van der Waals surface area contributed by atoms with Crippen molar-refractivity contribution in [3.8, 4) is 0 Å². The summed E-state index contributed by atoms with van der Waals surface area (Å²) < 4.78 is 0. The zero-order valence-electron chi connectivity index (χ0n) is 8.66. The average Bonchev–Trinajstić information content (AvgIpc) is 2.25. The molecule has 0 heterocycles. The van der Waals surface area contributed by atoms with Crippen molar-refractivity contribution in [2.24, 2.45) is 0 Å². The van der Waals surface area contributed by atoms with Crippen molar-refractivity contribution in [1.82, 2.24) is 0 Å². The van der Waals surface area contributed by atoms with Crippen LogP contribution in [-0.4, -0.2) is 10.2 Å². The van der Waals surface area contributed by atoms with Crippen molar-refractivity contribution >= 4 is 0 Å². The first-order valence-electron chi connectivity index (χ1n) is 5.14. The molecule has 14 heavy (non-hydrogen) atoms. The van der Waals surface area contributed by atoms with E-state index in [2.05, 4.69) is 6.92 Å². The summed E-state index contributed by atoms with van der Waals surface area (Å²) in [4.78, 5) is 0. The van der Waals surface area contributed by atoms with Crippen LogP contribution in [0.25, 0.3) is 0 Å². The number of aryl methyl sites for hydroxylation is 1. The minimum atomic E-state index is 0.00978. The van der Waals surface area contributed by atoms with Crippen LogP contribution < -0.4 is 0 Å². The highest BCUT2D eigenvalue weighted by Crippen LogP contribution is 2.17. The first-order chi connectivity index (χ1) is 6.83. The summed E-state index contributed by atoms with van der Waals surface area (Å²) in [6.07, 6.45) is 3.26. The summed E-state index contributed by atoms with van der Waals surface area (Å²) in [6.45, 7) is 2.18. The van der Waals surface area contributed by atoms with Crippen molar-refractivity contribution < 1.29 is 10.2 Å². The molecule has 0 radical (unpaired) electrons. The molecule has 0 saturated carbocycles. The maximum atomic E-state index is 9.22. The minimum Gasteiger partial charge on any atom is -0.392 e. The standard InChI is InChI=1S/C12H18O2/c1-2-3-5-10-6-4-7-11(8-13)12(10)9-14/h4,6-7,13-14H,2-3,5,8-9H2,1H3. The lowest BCUT2D eigenvalue weighted by molar-refractivity contribution is 0.259. The van der Waals surface area contributed by atoms with Gasteiger partial charge in [-0.2, -0.15) is 0 Å². The molecular formula is C12H18O2. The molecule has 0 unspecified atom stereocenters. The highest BCUT2D eigenvalue weighted by atomic mass is 16.3. The van der Waals surface area contributed by atoms with E-state index in [0.29, 0.717) is 0 Å². The van der Waals surface area contributed by atoms with Crippen molar-refractivity contribution in [1.29, 1.82) is 0 Å². The maximum Gasteiger partial charge on any atom is 0.0688 e. The molecule has 0 saturated heterocycles. The monoisotopic (exact) mass is 194 g/mol. The van der Waals surface area contributed by atoms with Crippen LogP contribution in [0.2, 0.25) is 0 Å². The number of hydrogen-bond acceptors (Lipinski definition) is 2. The van der Waals surface area contributed by atoms with E-state index in [4.69, 9.17) is 5.11 Å². The van der Waals surface area contributed by atoms with Gasteiger partial charge in [0.1, 0.15) is 0 Å². The van der Waals surface area contributed by atoms with E-state index >= 15 is 0 Å². The van der Waals surface area contributed by atoms with Gasteiger partial charge in [-0.3, -0.25) is 0 Å². The lowest BCUT2D eigenvalue weighted by Crippen LogP contribution is -2.00. The van der Waals surface area contributed by atoms with Crippen molar-refractivity contribution in [2.75, 3.05) is 0 Å². The molecule has 0 aliphatic carbocycles. The zero-order valence-corrected chi connectivity index (χ0v) is 8.66. The summed E-state index contributed by atoms with van der Waals surface area (Å²) in [5.74, 6) is 0. The molecule has 1 aromatic rings. The Labute approximate surface area is 85.2 Å². The molecule has 0 aromatic heterocycles. The Hall–Kier alpha value is -0.860.